The fourth-order valence-electron chi connectivity index (χ4n) is 2.34. The van der Waals surface area contributed by atoms with Crippen LogP contribution in [0.25, 0.3) is 0 Å². The molecule has 0 spiro atoms. The normalized spacial score (nSPS) is 22.1. The Morgan fingerprint density at radius 1 is 1.53 bits per heavy atom. The minimum atomic E-state index is -0.309. The zero-order valence-electron chi connectivity index (χ0n) is 9.28. The van der Waals surface area contributed by atoms with Crippen LogP contribution in [0.2, 0.25) is 0 Å². The fourth-order valence-corrected chi connectivity index (χ4v) is 2.89. The molecular formula is C12H13BrN2O2. The van der Waals surface area contributed by atoms with Gasteiger partial charge in [0.15, 0.2) is 0 Å². The first kappa shape index (κ1) is 11.0. The number of hydrogen-bond donors (Lipinski definition) is 1. The van der Waals surface area contributed by atoms with Crippen molar-refractivity contribution in [3.63, 3.8) is 0 Å². The first-order chi connectivity index (χ1) is 8.15. The number of halogens is 1. The molecule has 90 valence electrons. The van der Waals surface area contributed by atoms with Crippen LogP contribution in [0, 0.1) is 0 Å². The highest BCUT2D eigenvalue weighted by Crippen LogP contribution is 2.34. The molecule has 1 fully saturated rings. The summed E-state index contributed by atoms with van der Waals surface area (Å²) < 4.78 is 6.66. The summed E-state index contributed by atoms with van der Waals surface area (Å²) in [6.07, 6.45) is 0.940. The maximum absolute atomic E-state index is 11.5. The lowest BCUT2D eigenvalue weighted by molar-refractivity contribution is -0.143. The van der Waals surface area contributed by atoms with E-state index in [0.29, 0.717) is 13.1 Å². The molecule has 1 atom stereocenters. The topological polar surface area (TPSA) is 55.6 Å². The van der Waals surface area contributed by atoms with Crippen LogP contribution < -0.4 is 10.5 Å². The lowest BCUT2D eigenvalue weighted by Gasteiger charge is -2.36. The molecule has 0 aromatic heterocycles. The van der Waals surface area contributed by atoms with E-state index in [4.69, 9.17) is 10.5 Å². The number of carbonyl (C=O) groups is 1. The molecule has 2 heterocycles. The van der Waals surface area contributed by atoms with Crippen molar-refractivity contribution >= 4 is 21.8 Å². The third-order valence-corrected chi connectivity index (χ3v) is 3.69. The van der Waals surface area contributed by atoms with Gasteiger partial charge in [-0.05, 0) is 17.7 Å². The van der Waals surface area contributed by atoms with E-state index >= 15 is 0 Å². The molecule has 2 N–H and O–H groups in total. The number of carbonyl (C=O) groups excluding carboxylic acids is 1. The average Bonchev–Trinajstić information content (AvgIpc) is 2.76. The number of hydrogen-bond acceptors (Lipinski definition) is 3. The summed E-state index contributed by atoms with van der Waals surface area (Å²) in [7, 11) is 0. The Morgan fingerprint density at radius 3 is 3.06 bits per heavy atom. The van der Waals surface area contributed by atoms with E-state index in [1.807, 2.05) is 6.07 Å². The Balaban J connectivity index is 1.86. The highest BCUT2D eigenvalue weighted by Gasteiger charge is 2.34. The number of rotatable bonds is 2. The summed E-state index contributed by atoms with van der Waals surface area (Å²) in [5, 5.41) is 0. The number of amides is 1. The molecule has 4 nitrogen and oxygen atoms in total. The molecule has 3 rings (SSSR count). The number of nitrogens with two attached hydrogens (primary N) is 1. The largest absolute Gasteiger partial charge is 0.493 e. The standard InChI is InChI=1S/C12H13BrN2O2/c13-9-3-7-1-2-17-11(7)8(4-9)5-15-6-10(14)12(15)16/h3-4,10H,1-2,5-6,14H2. The summed E-state index contributed by atoms with van der Waals surface area (Å²) in [4.78, 5) is 13.3. The highest BCUT2D eigenvalue weighted by atomic mass is 79.9. The van der Waals surface area contributed by atoms with Crippen LogP contribution in [0.4, 0.5) is 0 Å². The highest BCUT2D eigenvalue weighted by molar-refractivity contribution is 9.10. The number of fused-ring (bicyclic) bond motifs is 1. The number of benzene rings is 1. The molecule has 0 aliphatic carbocycles. The van der Waals surface area contributed by atoms with Crippen molar-refractivity contribution in [3.8, 4) is 5.75 Å². The van der Waals surface area contributed by atoms with Gasteiger partial charge in [0.25, 0.3) is 0 Å². The maximum Gasteiger partial charge on any atom is 0.241 e. The summed E-state index contributed by atoms with van der Waals surface area (Å²) in [5.74, 6) is 0.971. The van der Waals surface area contributed by atoms with Gasteiger partial charge in [-0.15, -0.1) is 0 Å². The molecule has 1 aromatic carbocycles. The minimum absolute atomic E-state index is 0.0247. The summed E-state index contributed by atoms with van der Waals surface area (Å²) >= 11 is 3.49. The Kier molecular flexibility index (Phi) is 2.60. The molecule has 17 heavy (non-hydrogen) atoms. The van der Waals surface area contributed by atoms with Gasteiger partial charge >= 0.3 is 0 Å². The first-order valence-electron chi connectivity index (χ1n) is 5.63. The third-order valence-electron chi connectivity index (χ3n) is 3.23. The first-order valence-corrected chi connectivity index (χ1v) is 6.43. The van der Waals surface area contributed by atoms with Crippen LogP contribution in [0.15, 0.2) is 16.6 Å². The molecule has 1 unspecified atom stereocenters. The zero-order valence-corrected chi connectivity index (χ0v) is 10.9. The Morgan fingerprint density at radius 2 is 2.35 bits per heavy atom. The van der Waals surface area contributed by atoms with E-state index in [-0.39, 0.29) is 11.9 Å². The zero-order chi connectivity index (χ0) is 12.0. The number of likely N-dealkylation sites (tertiary alicyclic amines) is 1. The molecule has 2 aliphatic heterocycles. The summed E-state index contributed by atoms with van der Waals surface area (Å²) in [6.45, 7) is 1.96. The van der Waals surface area contributed by atoms with Crippen molar-refractivity contribution in [3.05, 3.63) is 27.7 Å². The van der Waals surface area contributed by atoms with Gasteiger partial charge in [-0.2, -0.15) is 0 Å². The second-order valence-electron chi connectivity index (χ2n) is 4.48. The van der Waals surface area contributed by atoms with Crippen molar-refractivity contribution in [1.29, 1.82) is 0 Å². The van der Waals surface area contributed by atoms with Gasteiger partial charge in [-0.25, -0.2) is 0 Å². The van der Waals surface area contributed by atoms with Crippen molar-refractivity contribution in [2.45, 2.75) is 19.0 Å². The molecule has 1 aromatic rings. The van der Waals surface area contributed by atoms with Gasteiger partial charge in [-0.3, -0.25) is 4.79 Å². The molecule has 0 saturated carbocycles. The number of ether oxygens (including phenoxy) is 1. The lowest BCUT2D eigenvalue weighted by Crippen LogP contribution is -2.60. The SMILES string of the molecule is NC1CN(Cc2cc(Br)cc3c2OCC3)C1=O. The quantitative estimate of drug-likeness (QED) is 0.830. The summed E-state index contributed by atoms with van der Waals surface area (Å²) in [6, 6.07) is 3.78. The van der Waals surface area contributed by atoms with Crippen LogP contribution in [-0.4, -0.2) is 30.0 Å². The second kappa shape index (κ2) is 3.99. The van der Waals surface area contributed by atoms with E-state index in [1.54, 1.807) is 4.90 Å². The Bertz CT molecular complexity index is 490. The van der Waals surface area contributed by atoms with Crippen molar-refractivity contribution < 1.29 is 9.53 Å². The van der Waals surface area contributed by atoms with E-state index in [9.17, 15) is 4.79 Å². The molecular weight excluding hydrogens is 284 g/mol. The van der Waals surface area contributed by atoms with Crippen molar-refractivity contribution in [2.24, 2.45) is 5.73 Å². The number of nitrogens with zero attached hydrogens (tertiary/aromatic N) is 1. The third kappa shape index (κ3) is 1.83. The van der Waals surface area contributed by atoms with E-state index in [2.05, 4.69) is 22.0 Å². The maximum atomic E-state index is 11.5. The average molecular weight is 297 g/mol. The molecule has 1 amide bonds. The molecule has 0 bridgehead atoms. The Labute approximate surface area is 108 Å². The van der Waals surface area contributed by atoms with E-state index in [0.717, 1.165) is 28.8 Å². The van der Waals surface area contributed by atoms with Gasteiger partial charge in [0.1, 0.15) is 11.8 Å². The van der Waals surface area contributed by atoms with Gasteiger partial charge in [0, 0.05) is 29.5 Å². The van der Waals surface area contributed by atoms with Gasteiger partial charge < -0.3 is 15.4 Å². The van der Waals surface area contributed by atoms with Crippen molar-refractivity contribution in [2.75, 3.05) is 13.2 Å². The minimum Gasteiger partial charge on any atom is -0.493 e. The predicted octanol–water partition coefficient (Wildman–Crippen LogP) is 1.05. The fraction of sp³-hybridized carbons (Fsp3) is 0.417. The molecule has 5 heteroatoms. The second-order valence-corrected chi connectivity index (χ2v) is 5.39. The van der Waals surface area contributed by atoms with Gasteiger partial charge in [0.05, 0.1) is 6.61 Å². The predicted molar refractivity (Wildman–Crippen MR) is 66.7 cm³/mol. The van der Waals surface area contributed by atoms with Crippen molar-refractivity contribution in [1.82, 2.24) is 4.90 Å². The van der Waals surface area contributed by atoms with Crippen LogP contribution in [0.1, 0.15) is 11.1 Å². The Hall–Kier alpha value is -1.07. The van der Waals surface area contributed by atoms with Crippen LogP contribution in [0.3, 0.4) is 0 Å². The van der Waals surface area contributed by atoms with Crippen LogP contribution >= 0.6 is 15.9 Å². The van der Waals surface area contributed by atoms with E-state index < -0.39 is 0 Å². The summed E-state index contributed by atoms with van der Waals surface area (Å²) in [5.41, 5.74) is 7.85. The van der Waals surface area contributed by atoms with Gasteiger partial charge in [0.2, 0.25) is 5.91 Å². The lowest BCUT2D eigenvalue weighted by atomic mass is 10.0. The smallest absolute Gasteiger partial charge is 0.241 e. The number of β-lactam (4-membered cyclic amide) rings is 1. The molecule has 1 saturated heterocycles. The van der Waals surface area contributed by atoms with Crippen LogP contribution in [0.5, 0.6) is 5.75 Å². The molecule has 0 radical (unpaired) electrons. The van der Waals surface area contributed by atoms with E-state index in [1.165, 1.54) is 5.56 Å². The van der Waals surface area contributed by atoms with Gasteiger partial charge in [-0.1, -0.05) is 15.9 Å². The molecule has 2 aliphatic rings. The van der Waals surface area contributed by atoms with Crippen LogP contribution in [-0.2, 0) is 17.8 Å². The monoisotopic (exact) mass is 296 g/mol.